The molecule has 1 aromatic heterocycles. The van der Waals surface area contributed by atoms with E-state index in [4.69, 9.17) is 0 Å². The molecule has 0 spiro atoms. The highest BCUT2D eigenvalue weighted by Gasteiger charge is 2.20. The number of esters is 1. The molecule has 1 rings (SSSR count). The van der Waals surface area contributed by atoms with Crippen molar-refractivity contribution in [3.05, 3.63) is 28.6 Å². The molecule has 0 aliphatic rings. The second-order valence-corrected chi connectivity index (χ2v) is 3.65. The minimum Gasteiger partial charge on any atom is -0.465 e. The standard InChI is InChI=1S/C10H10BrF2NO2/c1-5-6(3-11)8(9(12)13)14-4-7(5)10(15)16-2/h4,9H,3H2,1-2H3. The van der Waals surface area contributed by atoms with Gasteiger partial charge in [-0.05, 0) is 18.1 Å². The van der Waals surface area contributed by atoms with Crippen molar-refractivity contribution in [2.24, 2.45) is 0 Å². The Kier molecular flexibility index (Phi) is 4.35. The SMILES string of the molecule is COC(=O)c1cnc(C(F)F)c(CBr)c1C. The van der Waals surface area contributed by atoms with Gasteiger partial charge in [-0.1, -0.05) is 15.9 Å². The number of pyridine rings is 1. The fraction of sp³-hybridized carbons (Fsp3) is 0.400. The first-order valence-corrected chi connectivity index (χ1v) is 5.55. The number of carbonyl (C=O) groups excluding carboxylic acids is 1. The third-order valence-corrected chi connectivity index (χ3v) is 2.80. The highest BCUT2D eigenvalue weighted by atomic mass is 79.9. The minimum atomic E-state index is -2.65. The van der Waals surface area contributed by atoms with E-state index in [9.17, 15) is 13.6 Å². The van der Waals surface area contributed by atoms with Gasteiger partial charge in [-0.25, -0.2) is 13.6 Å². The van der Waals surface area contributed by atoms with Crippen LogP contribution in [0.5, 0.6) is 0 Å². The zero-order chi connectivity index (χ0) is 12.3. The lowest BCUT2D eigenvalue weighted by Crippen LogP contribution is -2.09. The van der Waals surface area contributed by atoms with Crippen molar-refractivity contribution in [3.63, 3.8) is 0 Å². The predicted octanol–water partition coefficient (Wildman–Crippen LogP) is 3.01. The number of nitrogens with zero attached hydrogens (tertiary/aromatic N) is 1. The Hall–Kier alpha value is -1.04. The lowest BCUT2D eigenvalue weighted by molar-refractivity contribution is 0.0598. The van der Waals surface area contributed by atoms with Crippen LogP contribution in [0.1, 0.15) is 33.6 Å². The Morgan fingerprint density at radius 3 is 2.69 bits per heavy atom. The van der Waals surface area contributed by atoms with Crippen LogP contribution in [-0.2, 0) is 10.1 Å². The van der Waals surface area contributed by atoms with Gasteiger partial charge in [0.15, 0.2) is 0 Å². The first-order chi connectivity index (χ1) is 7.52. The number of alkyl halides is 3. The maximum Gasteiger partial charge on any atom is 0.339 e. The summed E-state index contributed by atoms with van der Waals surface area (Å²) >= 11 is 3.11. The number of hydrogen-bond acceptors (Lipinski definition) is 3. The molecule has 1 heterocycles. The maximum atomic E-state index is 12.6. The summed E-state index contributed by atoms with van der Waals surface area (Å²) in [5, 5.41) is 0.219. The van der Waals surface area contributed by atoms with Crippen molar-refractivity contribution in [2.75, 3.05) is 7.11 Å². The van der Waals surface area contributed by atoms with Crippen molar-refractivity contribution in [3.8, 4) is 0 Å². The van der Waals surface area contributed by atoms with E-state index in [2.05, 4.69) is 25.7 Å². The van der Waals surface area contributed by atoms with E-state index < -0.39 is 12.4 Å². The van der Waals surface area contributed by atoms with E-state index in [1.165, 1.54) is 7.11 Å². The molecule has 1 aromatic rings. The van der Waals surface area contributed by atoms with E-state index in [-0.39, 0.29) is 16.6 Å². The van der Waals surface area contributed by atoms with Gasteiger partial charge in [0.1, 0.15) is 5.69 Å². The molecule has 0 bridgehead atoms. The van der Waals surface area contributed by atoms with Gasteiger partial charge in [-0.15, -0.1) is 0 Å². The van der Waals surface area contributed by atoms with E-state index in [0.717, 1.165) is 6.20 Å². The number of halogens is 3. The summed E-state index contributed by atoms with van der Waals surface area (Å²) in [6.45, 7) is 1.59. The molecule has 6 heteroatoms. The first kappa shape index (κ1) is 13.0. The van der Waals surface area contributed by atoms with Crippen LogP contribution in [-0.4, -0.2) is 18.1 Å². The number of rotatable bonds is 3. The molecule has 0 aromatic carbocycles. The Morgan fingerprint density at radius 1 is 1.62 bits per heavy atom. The number of methoxy groups -OCH3 is 1. The molecule has 16 heavy (non-hydrogen) atoms. The van der Waals surface area contributed by atoms with E-state index in [1.807, 2.05) is 0 Å². The van der Waals surface area contributed by atoms with E-state index in [1.54, 1.807) is 6.92 Å². The second kappa shape index (κ2) is 5.34. The third-order valence-electron chi connectivity index (χ3n) is 2.24. The van der Waals surface area contributed by atoms with Crippen LogP contribution in [0.2, 0.25) is 0 Å². The highest BCUT2D eigenvalue weighted by molar-refractivity contribution is 9.08. The lowest BCUT2D eigenvalue weighted by atomic mass is 10.0. The summed E-state index contributed by atoms with van der Waals surface area (Å²) in [4.78, 5) is 14.9. The molecule has 0 saturated heterocycles. The molecule has 0 radical (unpaired) electrons. The van der Waals surface area contributed by atoms with Gasteiger partial charge in [0.2, 0.25) is 0 Å². The van der Waals surface area contributed by atoms with Crippen LogP contribution < -0.4 is 0 Å². The average molecular weight is 294 g/mol. The molecule has 0 fully saturated rings. The van der Waals surface area contributed by atoms with Gasteiger partial charge in [-0.3, -0.25) is 4.98 Å². The number of hydrogen-bond donors (Lipinski definition) is 0. The van der Waals surface area contributed by atoms with Gasteiger partial charge in [-0.2, -0.15) is 0 Å². The average Bonchev–Trinajstić information content (AvgIpc) is 2.27. The van der Waals surface area contributed by atoms with Crippen LogP contribution in [0, 0.1) is 6.92 Å². The zero-order valence-electron chi connectivity index (χ0n) is 8.76. The smallest absolute Gasteiger partial charge is 0.339 e. The zero-order valence-corrected chi connectivity index (χ0v) is 10.3. The van der Waals surface area contributed by atoms with Crippen LogP contribution in [0.3, 0.4) is 0 Å². The Bertz CT molecular complexity index is 410. The summed E-state index contributed by atoms with van der Waals surface area (Å²) in [7, 11) is 1.23. The van der Waals surface area contributed by atoms with Crippen LogP contribution in [0.15, 0.2) is 6.20 Å². The quantitative estimate of drug-likeness (QED) is 0.635. The predicted molar refractivity (Wildman–Crippen MR) is 57.9 cm³/mol. The summed E-state index contributed by atoms with van der Waals surface area (Å²) in [5.41, 5.74) is 0.704. The van der Waals surface area contributed by atoms with Crippen molar-refractivity contribution in [2.45, 2.75) is 18.7 Å². The third kappa shape index (κ3) is 2.37. The molecular weight excluding hydrogens is 284 g/mol. The molecule has 0 unspecified atom stereocenters. The number of ether oxygens (including phenoxy) is 1. The molecule has 3 nitrogen and oxygen atoms in total. The molecule has 0 aliphatic heterocycles. The molecule has 88 valence electrons. The van der Waals surface area contributed by atoms with Crippen molar-refractivity contribution in [1.82, 2.24) is 4.98 Å². The monoisotopic (exact) mass is 293 g/mol. The van der Waals surface area contributed by atoms with Crippen molar-refractivity contribution in [1.29, 1.82) is 0 Å². The summed E-state index contributed by atoms with van der Waals surface area (Å²) in [6.07, 6.45) is -1.53. The molecule has 0 N–H and O–H groups in total. The first-order valence-electron chi connectivity index (χ1n) is 4.43. The van der Waals surface area contributed by atoms with Gasteiger partial charge < -0.3 is 4.74 Å². The largest absolute Gasteiger partial charge is 0.465 e. The summed E-state index contributed by atoms with van der Waals surface area (Å²) in [5.74, 6) is -0.576. The topological polar surface area (TPSA) is 39.2 Å². The van der Waals surface area contributed by atoms with Crippen molar-refractivity contribution < 1.29 is 18.3 Å². The second-order valence-electron chi connectivity index (χ2n) is 3.09. The van der Waals surface area contributed by atoms with E-state index >= 15 is 0 Å². The highest BCUT2D eigenvalue weighted by Crippen LogP contribution is 2.27. The lowest BCUT2D eigenvalue weighted by Gasteiger charge is -2.11. The molecule has 0 saturated carbocycles. The Morgan fingerprint density at radius 2 is 2.25 bits per heavy atom. The van der Waals surface area contributed by atoms with Crippen LogP contribution >= 0.6 is 15.9 Å². The number of aromatic nitrogens is 1. The summed E-state index contributed by atoms with van der Waals surface area (Å²) in [6, 6.07) is 0. The Balaban J connectivity index is 3.34. The fourth-order valence-corrected chi connectivity index (χ4v) is 2.04. The van der Waals surface area contributed by atoms with Gasteiger partial charge in [0.05, 0.1) is 12.7 Å². The fourth-order valence-electron chi connectivity index (χ4n) is 1.34. The normalized spacial score (nSPS) is 10.6. The van der Waals surface area contributed by atoms with Crippen LogP contribution in [0.25, 0.3) is 0 Å². The minimum absolute atomic E-state index is 0.210. The maximum absolute atomic E-state index is 12.6. The van der Waals surface area contributed by atoms with Gasteiger partial charge in [0, 0.05) is 11.5 Å². The van der Waals surface area contributed by atoms with Gasteiger partial charge >= 0.3 is 5.97 Å². The van der Waals surface area contributed by atoms with Crippen LogP contribution in [0.4, 0.5) is 8.78 Å². The molecular formula is C10H10BrF2NO2. The van der Waals surface area contributed by atoms with Crippen molar-refractivity contribution >= 4 is 21.9 Å². The Labute approximate surface area is 99.9 Å². The molecule has 0 atom stereocenters. The van der Waals surface area contributed by atoms with E-state index in [0.29, 0.717) is 11.1 Å². The molecule has 0 aliphatic carbocycles. The number of carbonyl (C=O) groups is 1. The van der Waals surface area contributed by atoms with Gasteiger partial charge in [0.25, 0.3) is 6.43 Å². The molecule has 0 amide bonds. The summed E-state index contributed by atoms with van der Waals surface area (Å²) < 4.78 is 29.8.